The number of thiophene rings is 1. The molecule has 1 atom stereocenters. The number of carboxylic acid groups (broad SMARTS) is 1. The van der Waals surface area contributed by atoms with Crippen LogP contribution in [0.25, 0.3) is 10.1 Å². The van der Waals surface area contributed by atoms with Crippen LogP contribution in [-0.2, 0) is 4.79 Å². The van der Waals surface area contributed by atoms with E-state index in [0.29, 0.717) is 17.2 Å². The van der Waals surface area contributed by atoms with Crippen molar-refractivity contribution in [3.8, 4) is 0 Å². The summed E-state index contributed by atoms with van der Waals surface area (Å²) in [6.07, 6.45) is 2.68. The van der Waals surface area contributed by atoms with Gasteiger partial charge in [0.05, 0.1) is 4.88 Å². The monoisotopic (exact) mass is 289 g/mol. The molecule has 5 heteroatoms. The van der Waals surface area contributed by atoms with E-state index in [4.69, 9.17) is 0 Å². The molecular weight excluding hydrogens is 274 g/mol. The first-order valence-corrected chi connectivity index (χ1v) is 7.47. The maximum atomic E-state index is 12.2. The molecule has 1 aromatic carbocycles. The highest BCUT2D eigenvalue weighted by Crippen LogP contribution is 2.33. The molecule has 1 aromatic heterocycles. The van der Waals surface area contributed by atoms with E-state index in [1.54, 1.807) is 0 Å². The van der Waals surface area contributed by atoms with Crippen molar-refractivity contribution in [3.05, 3.63) is 35.2 Å². The number of hydrogen-bond acceptors (Lipinski definition) is 3. The summed E-state index contributed by atoms with van der Waals surface area (Å²) >= 11 is 1.39. The molecule has 4 nitrogen and oxygen atoms in total. The Morgan fingerprint density at radius 2 is 2.10 bits per heavy atom. The second-order valence-corrected chi connectivity index (χ2v) is 6.28. The van der Waals surface area contributed by atoms with Crippen LogP contribution in [-0.4, -0.2) is 23.0 Å². The van der Waals surface area contributed by atoms with Gasteiger partial charge in [0.2, 0.25) is 0 Å². The van der Waals surface area contributed by atoms with Gasteiger partial charge in [-0.05, 0) is 29.9 Å². The summed E-state index contributed by atoms with van der Waals surface area (Å²) in [5.74, 6) is -0.788. The molecule has 20 heavy (non-hydrogen) atoms. The fraction of sp³-hybridized carbons (Fsp3) is 0.333. The van der Waals surface area contributed by atoms with Gasteiger partial charge in [-0.25, -0.2) is 4.79 Å². The highest BCUT2D eigenvalue weighted by molar-refractivity contribution is 7.20. The molecule has 1 heterocycles. The first-order chi connectivity index (χ1) is 9.63. The number of amides is 1. The molecule has 0 aliphatic heterocycles. The van der Waals surface area contributed by atoms with Gasteiger partial charge in [-0.15, -0.1) is 11.3 Å². The molecule has 1 unspecified atom stereocenters. The third-order valence-corrected chi connectivity index (χ3v) is 4.63. The molecule has 1 saturated carbocycles. The smallest absolute Gasteiger partial charge is 0.326 e. The molecule has 2 N–H and O–H groups in total. The normalized spacial score (nSPS) is 16.0. The highest BCUT2D eigenvalue weighted by atomic mass is 32.1. The summed E-state index contributed by atoms with van der Waals surface area (Å²) in [7, 11) is 0. The van der Waals surface area contributed by atoms with Gasteiger partial charge in [0.25, 0.3) is 5.91 Å². The molecular formula is C15H15NO3S. The van der Waals surface area contributed by atoms with E-state index < -0.39 is 12.0 Å². The van der Waals surface area contributed by atoms with Gasteiger partial charge in [0, 0.05) is 4.70 Å². The third kappa shape index (κ3) is 2.82. The van der Waals surface area contributed by atoms with Crippen molar-refractivity contribution in [1.82, 2.24) is 5.32 Å². The van der Waals surface area contributed by atoms with E-state index in [1.807, 2.05) is 30.3 Å². The molecule has 1 amide bonds. The van der Waals surface area contributed by atoms with Crippen LogP contribution in [0.2, 0.25) is 0 Å². The number of nitrogens with one attached hydrogen (secondary N) is 1. The van der Waals surface area contributed by atoms with E-state index in [9.17, 15) is 14.7 Å². The molecule has 1 aliphatic rings. The van der Waals surface area contributed by atoms with Crippen LogP contribution in [0.3, 0.4) is 0 Å². The van der Waals surface area contributed by atoms with Crippen molar-refractivity contribution in [2.75, 3.05) is 0 Å². The van der Waals surface area contributed by atoms with Crippen molar-refractivity contribution in [3.63, 3.8) is 0 Å². The zero-order chi connectivity index (χ0) is 14.1. The lowest BCUT2D eigenvalue weighted by atomic mass is 10.1. The lowest BCUT2D eigenvalue weighted by Crippen LogP contribution is -2.40. The Morgan fingerprint density at radius 3 is 2.75 bits per heavy atom. The molecule has 104 valence electrons. The van der Waals surface area contributed by atoms with Gasteiger partial charge in [-0.2, -0.15) is 0 Å². The highest BCUT2D eigenvalue weighted by Gasteiger charge is 2.30. The Morgan fingerprint density at radius 1 is 1.35 bits per heavy atom. The van der Waals surface area contributed by atoms with Crippen molar-refractivity contribution in [2.45, 2.75) is 25.3 Å². The first-order valence-electron chi connectivity index (χ1n) is 6.66. The van der Waals surface area contributed by atoms with Crippen LogP contribution in [0, 0.1) is 5.92 Å². The van der Waals surface area contributed by atoms with Crippen LogP contribution in [0.1, 0.15) is 28.9 Å². The molecule has 0 radical (unpaired) electrons. The number of benzene rings is 1. The van der Waals surface area contributed by atoms with E-state index >= 15 is 0 Å². The number of carbonyl (C=O) groups excluding carboxylic acids is 1. The minimum atomic E-state index is -0.952. The lowest BCUT2D eigenvalue weighted by molar-refractivity contribution is -0.139. The zero-order valence-corrected chi connectivity index (χ0v) is 11.7. The maximum Gasteiger partial charge on any atom is 0.326 e. The van der Waals surface area contributed by atoms with Crippen LogP contribution < -0.4 is 5.32 Å². The Balaban J connectivity index is 1.75. The van der Waals surface area contributed by atoms with E-state index in [1.165, 1.54) is 11.3 Å². The summed E-state index contributed by atoms with van der Waals surface area (Å²) in [5, 5.41) is 12.8. The lowest BCUT2D eigenvalue weighted by Gasteiger charge is -2.13. The molecule has 0 spiro atoms. The average Bonchev–Trinajstić information content (AvgIpc) is 3.13. The summed E-state index contributed by atoms with van der Waals surface area (Å²) in [6.45, 7) is 0. The largest absolute Gasteiger partial charge is 0.480 e. The van der Waals surface area contributed by atoms with Crippen LogP contribution >= 0.6 is 11.3 Å². The molecule has 0 saturated heterocycles. The van der Waals surface area contributed by atoms with E-state index in [2.05, 4.69) is 5.32 Å². The predicted molar refractivity (Wildman–Crippen MR) is 78.1 cm³/mol. The SMILES string of the molecule is O=C(NC(CC1CC1)C(=O)O)c1cc2ccccc2s1. The van der Waals surface area contributed by atoms with Crippen LogP contribution in [0.4, 0.5) is 0 Å². The molecule has 3 rings (SSSR count). The predicted octanol–water partition coefficient (Wildman–Crippen LogP) is 2.88. The number of aliphatic carboxylic acids is 1. The maximum absolute atomic E-state index is 12.2. The van der Waals surface area contributed by atoms with Gasteiger partial charge in [-0.1, -0.05) is 31.0 Å². The number of carbonyl (C=O) groups is 2. The van der Waals surface area contributed by atoms with Crippen molar-refractivity contribution in [2.24, 2.45) is 5.92 Å². The Bertz CT molecular complexity index is 627. The summed E-state index contributed by atoms with van der Waals surface area (Å²) in [6, 6.07) is 8.78. The first kappa shape index (κ1) is 13.1. The van der Waals surface area contributed by atoms with Gasteiger partial charge in [-0.3, -0.25) is 4.79 Å². The molecule has 0 bridgehead atoms. The molecule has 2 aromatic rings. The van der Waals surface area contributed by atoms with E-state index in [0.717, 1.165) is 22.9 Å². The zero-order valence-electron chi connectivity index (χ0n) is 10.8. The van der Waals surface area contributed by atoms with Gasteiger partial charge in [0.15, 0.2) is 0 Å². The van der Waals surface area contributed by atoms with Crippen LogP contribution in [0.15, 0.2) is 30.3 Å². The topological polar surface area (TPSA) is 66.4 Å². The number of fused-ring (bicyclic) bond motifs is 1. The van der Waals surface area contributed by atoms with Crippen LogP contribution in [0.5, 0.6) is 0 Å². The second-order valence-electron chi connectivity index (χ2n) is 5.19. The Hall–Kier alpha value is -1.88. The Labute approximate surface area is 120 Å². The minimum absolute atomic E-state index is 0.292. The number of carboxylic acids is 1. The van der Waals surface area contributed by atoms with E-state index in [-0.39, 0.29) is 5.91 Å². The summed E-state index contributed by atoms with van der Waals surface area (Å²) in [5.41, 5.74) is 0. The summed E-state index contributed by atoms with van der Waals surface area (Å²) in [4.78, 5) is 23.9. The average molecular weight is 289 g/mol. The van der Waals surface area contributed by atoms with Crippen molar-refractivity contribution < 1.29 is 14.7 Å². The number of rotatable bonds is 5. The van der Waals surface area contributed by atoms with Gasteiger partial charge < -0.3 is 10.4 Å². The third-order valence-electron chi connectivity index (χ3n) is 3.52. The molecule has 1 aliphatic carbocycles. The molecule has 1 fully saturated rings. The minimum Gasteiger partial charge on any atom is -0.480 e. The standard InChI is InChI=1S/C15H15NO3S/c17-14(16-11(15(18)19)7-9-5-6-9)13-8-10-3-1-2-4-12(10)20-13/h1-4,8-9,11H,5-7H2,(H,16,17)(H,18,19). The quantitative estimate of drug-likeness (QED) is 0.889. The van der Waals surface area contributed by atoms with Crippen molar-refractivity contribution >= 4 is 33.3 Å². The number of hydrogen-bond donors (Lipinski definition) is 2. The van der Waals surface area contributed by atoms with Gasteiger partial charge >= 0.3 is 5.97 Å². The Kier molecular flexibility index (Phi) is 3.44. The fourth-order valence-corrected chi connectivity index (χ4v) is 3.20. The fourth-order valence-electron chi connectivity index (χ4n) is 2.23. The van der Waals surface area contributed by atoms with Gasteiger partial charge in [0.1, 0.15) is 6.04 Å². The second kappa shape index (κ2) is 5.25. The summed E-state index contributed by atoms with van der Waals surface area (Å²) < 4.78 is 1.03. The van der Waals surface area contributed by atoms with Crippen molar-refractivity contribution in [1.29, 1.82) is 0 Å².